The van der Waals surface area contributed by atoms with Crippen LogP contribution in [0.5, 0.6) is 0 Å². The summed E-state index contributed by atoms with van der Waals surface area (Å²) in [6.07, 6.45) is 4.52. The lowest BCUT2D eigenvalue weighted by molar-refractivity contribution is 0.545. The predicted octanol–water partition coefficient (Wildman–Crippen LogP) is -0.577. The topological polar surface area (TPSA) is 60.9 Å². The van der Waals surface area contributed by atoms with Crippen molar-refractivity contribution < 1.29 is 4.79 Å². The summed E-state index contributed by atoms with van der Waals surface area (Å²) < 4.78 is 1.42. The van der Waals surface area contributed by atoms with Crippen molar-refractivity contribution in [2.24, 2.45) is 5.73 Å². The molecule has 0 saturated heterocycles. The number of aromatic nitrogens is 2. The minimum absolute atomic E-state index is 0.541. The number of nitrogens with zero attached hydrogens (tertiary/aromatic N) is 2. The first-order chi connectivity index (χ1) is 4.88. The van der Waals surface area contributed by atoms with Gasteiger partial charge >= 0.3 is 0 Å². The summed E-state index contributed by atoms with van der Waals surface area (Å²) in [6, 6.07) is 0. The van der Waals surface area contributed by atoms with Gasteiger partial charge in [0, 0.05) is 18.3 Å². The molecule has 0 spiro atoms. The van der Waals surface area contributed by atoms with Crippen molar-refractivity contribution in [3.05, 3.63) is 18.2 Å². The molecule has 1 aromatic heterocycles. The summed E-state index contributed by atoms with van der Waals surface area (Å²) in [5, 5.41) is 0. The monoisotopic (exact) mass is 139 g/mol. The third-order valence-corrected chi connectivity index (χ3v) is 1.26. The van der Waals surface area contributed by atoms with Crippen LogP contribution in [0.3, 0.4) is 0 Å². The van der Waals surface area contributed by atoms with Crippen LogP contribution < -0.4 is 5.73 Å². The van der Waals surface area contributed by atoms with E-state index in [4.69, 9.17) is 5.73 Å². The molecule has 0 bridgehead atoms. The fraction of sp³-hybridized carbons (Fsp3) is 0.333. The molecule has 0 fully saturated rings. The van der Waals surface area contributed by atoms with Crippen LogP contribution in [0.2, 0.25) is 0 Å². The second-order valence-electron chi connectivity index (χ2n) is 1.94. The number of hydrogen-bond donors (Lipinski definition) is 1. The van der Waals surface area contributed by atoms with E-state index in [1.807, 2.05) is 0 Å². The maximum absolute atomic E-state index is 10.2. The number of imidazole rings is 1. The summed E-state index contributed by atoms with van der Waals surface area (Å²) in [5.74, 6) is 0. The Balaban J connectivity index is 2.79. The molecule has 1 rings (SSSR count). The first-order valence-electron chi connectivity index (χ1n) is 3.04. The Morgan fingerprint density at radius 2 is 2.60 bits per heavy atom. The highest BCUT2D eigenvalue weighted by Gasteiger charge is 1.97. The van der Waals surface area contributed by atoms with E-state index in [9.17, 15) is 4.79 Å². The minimum atomic E-state index is 0.541. The molecule has 4 heteroatoms. The van der Waals surface area contributed by atoms with Gasteiger partial charge < -0.3 is 5.73 Å². The summed E-state index contributed by atoms with van der Waals surface area (Å²) >= 11 is 0. The van der Waals surface area contributed by atoms with Gasteiger partial charge in [-0.15, -0.1) is 0 Å². The number of nitrogens with two attached hydrogens (primary N) is 1. The third-order valence-electron chi connectivity index (χ3n) is 1.26. The van der Waals surface area contributed by atoms with Gasteiger partial charge in [0.25, 0.3) is 0 Å². The molecule has 4 nitrogen and oxygen atoms in total. The Bertz CT molecular complexity index is 219. The highest BCUT2D eigenvalue weighted by Crippen LogP contribution is 1.94. The molecule has 0 aromatic carbocycles. The highest BCUT2D eigenvalue weighted by molar-refractivity contribution is 5.53. The minimum Gasteiger partial charge on any atom is -0.330 e. The van der Waals surface area contributed by atoms with Gasteiger partial charge in [0.1, 0.15) is 6.33 Å². The zero-order valence-corrected chi connectivity index (χ0v) is 5.53. The molecule has 0 aliphatic carbocycles. The number of hydrogen-bond acceptors (Lipinski definition) is 3. The van der Waals surface area contributed by atoms with Crippen molar-refractivity contribution in [3.63, 3.8) is 0 Å². The van der Waals surface area contributed by atoms with Gasteiger partial charge in [-0.1, -0.05) is 0 Å². The summed E-state index contributed by atoms with van der Waals surface area (Å²) in [5.41, 5.74) is 6.15. The van der Waals surface area contributed by atoms with Gasteiger partial charge in [0.05, 0.1) is 0 Å². The summed E-state index contributed by atoms with van der Waals surface area (Å²) in [7, 11) is 0. The van der Waals surface area contributed by atoms with E-state index in [-0.39, 0.29) is 0 Å². The standard InChI is InChI=1S/C6H9N3O/c7-2-1-6-3-8-4-9(6)5-10/h3-5H,1-2,7H2. The number of carbonyl (C=O) groups excluding carboxylic acids is 1. The van der Waals surface area contributed by atoms with Crippen molar-refractivity contribution in [2.45, 2.75) is 6.42 Å². The van der Waals surface area contributed by atoms with E-state index in [1.54, 1.807) is 6.20 Å². The lowest BCUT2D eigenvalue weighted by atomic mass is 10.3. The average Bonchev–Trinajstić information content (AvgIpc) is 2.36. The van der Waals surface area contributed by atoms with Crippen LogP contribution >= 0.6 is 0 Å². The van der Waals surface area contributed by atoms with Gasteiger partial charge in [-0.25, -0.2) is 4.98 Å². The second-order valence-corrected chi connectivity index (χ2v) is 1.94. The molecular formula is C6H9N3O. The Morgan fingerprint density at radius 1 is 1.80 bits per heavy atom. The van der Waals surface area contributed by atoms with Crippen LogP contribution in [0.4, 0.5) is 0 Å². The highest BCUT2D eigenvalue weighted by atomic mass is 16.1. The smallest absolute Gasteiger partial charge is 0.219 e. The number of carbonyl (C=O) groups is 1. The molecule has 54 valence electrons. The van der Waals surface area contributed by atoms with Crippen LogP contribution in [-0.4, -0.2) is 22.5 Å². The molecule has 0 radical (unpaired) electrons. The molecule has 0 unspecified atom stereocenters. The molecule has 10 heavy (non-hydrogen) atoms. The zero-order valence-electron chi connectivity index (χ0n) is 5.53. The zero-order chi connectivity index (χ0) is 7.40. The van der Waals surface area contributed by atoms with E-state index < -0.39 is 0 Å². The van der Waals surface area contributed by atoms with Gasteiger partial charge in [-0.05, 0) is 6.54 Å². The van der Waals surface area contributed by atoms with Gasteiger partial charge in [0.2, 0.25) is 6.41 Å². The van der Waals surface area contributed by atoms with Crippen LogP contribution in [0.25, 0.3) is 0 Å². The first kappa shape index (κ1) is 6.95. The normalized spacial score (nSPS) is 9.70. The van der Waals surface area contributed by atoms with Crippen molar-refractivity contribution in [1.29, 1.82) is 0 Å². The molecular weight excluding hydrogens is 130 g/mol. The van der Waals surface area contributed by atoms with Crippen LogP contribution in [0.15, 0.2) is 12.5 Å². The van der Waals surface area contributed by atoms with Crippen molar-refractivity contribution >= 4 is 6.41 Å². The third kappa shape index (κ3) is 1.22. The Morgan fingerprint density at radius 3 is 3.20 bits per heavy atom. The SMILES string of the molecule is NCCc1cncn1C=O. The van der Waals surface area contributed by atoms with E-state index in [0.29, 0.717) is 13.0 Å². The number of rotatable bonds is 3. The van der Waals surface area contributed by atoms with E-state index in [2.05, 4.69) is 4.98 Å². The lowest BCUT2D eigenvalue weighted by Crippen LogP contribution is -2.07. The molecule has 1 heterocycles. The van der Waals surface area contributed by atoms with Crippen molar-refractivity contribution in [1.82, 2.24) is 9.55 Å². The fourth-order valence-corrected chi connectivity index (χ4v) is 0.768. The van der Waals surface area contributed by atoms with Crippen molar-refractivity contribution in [3.8, 4) is 0 Å². The molecule has 0 amide bonds. The van der Waals surface area contributed by atoms with Crippen LogP contribution in [0, 0.1) is 0 Å². The van der Waals surface area contributed by atoms with E-state index >= 15 is 0 Å². The average molecular weight is 139 g/mol. The molecule has 0 aliphatic heterocycles. The molecule has 0 saturated carbocycles. The van der Waals surface area contributed by atoms with E-state index in [1.165, 1.54) is 10.9 Å². The van der Waals surface area contributed by atoms with Crippen LogP contribution in [0.1, 0.15) is 5.69 Å². The van der Waals surface area contributed by atoms with Gasteiger partial charge in [-0.2, -0.15) is 0 Å². The molecule has 2 N–H and O–H groups in total. The quantitative estimate of drug-likeness (QED) is 0.570. The Hall–Kier alpha value is -1.16. The van der Waals surface area contributed by atoms with Gasteiger partial charge in [-0.3, -0.25) is 9.36 Å². The maximum Gasteiger partial charge on any atom is 0.219 e. The fourth-order valence-electron chi connectivity index (χ4n) is 0.768. The maximum atomic E-state index is 10.2. The molecule has 1 aromatic rings. The van der Waals surface area contributed by atoms with Gasteiger partial charge in [0.15, 0.2) is 0 Å². The predicted molar refractivity (Wildman–Crippen MR) is 37.1 cm³/mol. The second kappa shape index (κ2) is 3.12. The molecule has 0 aliphatic rings. The Labute approximate surface area is 58.7 Å². The Kier molecular flexibility index (Phi) is 2.17. The van der Waals surface area contributed by atoms with Crippen LogP contribution in [-0.2, 0) is 11.2 Å². The lowest BCUT2D eigenvalue weighted by Gasteiger charge is -1.95. The van der Waals surface area contributed by atoms with Crippen molar-refractivity contribution in [2.75, 3.05) is 6.54 Å². The summed E-state index contributed by atoms with van der Waals surface area (Å²) in [4.78, 5) is 14.0. The molecule has 0 atom stereocenters. The summed E-state index contributed by atoms with van der Waals surface area (Å²) in [6.45, 7) is 0.541. The van der Waals surface area contributed by atoms with E-state index in [0.717, 1.165) is 12.1 Å². The largest absolute Gasteiger partial charge is 0.330 e. The first-order valence-corrected chi connectivity index (χ1v) is 3.04.